The normalized spacial score (nSPS) is 13.2. The zero-order valence-electron chi connectivity index (χ0n) is 10.1. The molecule has 0 amide bonds. The van der Waals surface area contributed by atoms with E-state index < -0.39 is 17.6 Å². The Morgan fingerprint density at radius 1 is 1.56 bits per heavy atom. The molecule has 0 bridgehead atoms. The van der Waals surface area contributed by atoms with Gasteiger partial charge in [0.1, 0.15) is 0 Å². The number of carbonyl (C=O) groups is 1. The maximum Gasteiger partial charge on any atom is 0.350 e. The van der Waals surface area contributed by atoms with Crippen LogP contribution >= 0.6 is 11.6 Å². The van der Waals surface area contributed by atoms with Crippen molar-refractivity contribution in [2.24, 2.45) is 5.73 Å². The van der Waals surface area contributed by atoms with Gasteiger partial charge in [-0.05, 0) is 37.1 Å². The molecule has 1 unspecified atom stereocenters. The first kappa shape index (κ1) is 14.9. The van der Waals surface area contributed by atoms with Crippen LogP contribution in [0.2, 0.25) is 5.02 Å². The summed E-state index contributed by atoms with van der Waals surface area (Å²) in [5.41, 5.74) is 5.76. The van der Waals surface area contributed by atoms with Crippen LogP contribution in [0, 0.1) is 0 Å². The highest BCUT2D eigenvalue weighted by molar-refractivity contribution is 6.30. The summed E-state index contributed by atoms with van der Waals surface area (Å²) in [5.74, 6) is -1.05. The monoisotopic (exact) mass is 275 g/mol. The van der Waals surface area contributed by atoms with Gasteiger partial charge in [0.2, 0.25) is 0 Å². The molecule has 0 spiro atoms. The van der Waals surface area contributed by atoms with Crippen molar-refractivity contribution in [2.45, 2.75) is 31.9 Å². The van der Waals surface area contributed by atoms with Crippen LogP contribution in [0.1, 0.15) is 37.4 Å². The third-order valence-corrected chi connectivity index (χ3v) is 2.75. The van der Waals surface area contributed by atoms with E-state index in [2.05, 4.69) is 4.94 Å². The van der Waals surface area contributed by atoms with Crippen LogP contribution in [0.25, 0.3) is 0 Å². The smallest absolute Gasteiger partial charge is 0.350 e. The number of nitrogens with two attached hydrogens (primary N) is 1. The fraction of sp³-hybridized carbons (Fsp3) is 0.417. The zero-order valence-corrected chi connectivity index (χ0v) is 10.9. The predicted octanol–water partition coefficient (Wildman–Crippen LogP) is 2.39. The van der Waals surface area contributed by atoms with E-state index in [1.165, 1.54) is 0 Å². The van der Waals surface area contributed by atoms with Crippen LogP contribution in [0.15, 0.2) is 18.2 Å². The predicted molar refractivity (Wildman–Crippen MR) is 65.4 cm³/mol. The van der Waals surface area contributed by atoms with Crippen LogP contribution in [0.5, 0.6) is 0 Å². The van der Waals surface area contributed by atoms with E-state index in [4.69, 9.17) is 17.3 Å². The fourth-order valence-corrected chi connectivity index (χ4v) is 1.75. The topological polar surface area (TPSA) is 72.5 Å². The maximum absolute atomic E-state index is 11.6. The summed E-state index contributed by atoms with van der Waals surface area (Å²) in [4.78, 5) is 13.9. The standard InChI is InChI=1S/C12H15ClFNO3/c1-12(2,17)8-3-7(4-9(13)5-8)10(15)6-11(16)18-14/h3-5,10,17H,6,15H2,1-2H3. The van der Waals surface area contributed by atoms with Crippen molar-refractivity contribution in [2.75, 3.05) is 0 Å². The van der Waals surface area contributed by atoms with Gasteiger partial charge < -0.3 is 10.8 Å². The lowest BCUT2D eigenvalue weighted by Crippen LogP contribution is -2.19. The minimum atomic E-state index is -1.08. The lowest BCUT2D eigenvalue weighted by atomic mass is 9.94. The van der Waals surface area contributed by atoms with E-state index in [9.17, 15) is 14.4 Å². The molecule has 18 heavy (non-hydrogen) atoms. The Kier molecular flexibility index (Phi) is 4.67. The molecule has 0 aliphatic carbocycles. The number of carbonyl (C=O) groups excluding carboxylic acids is 1. The fourth-order valence-electron chi connectivity index (χ4n) is 1.51. The summed E-state index contributed by atoms with van der Waals surface area (Å²) in [6.45, 7) is 3.20. The average Bonchev–Trinajstić information content (AvgIpc) is 2.26. The van der Waals surface area contributed by atoms with Crippen LogP contribution in [0.3, 0.4) is 0 Å². The Hall–Kier alpha value is -1.17. The number of benzene rings is 1. The first-order valence-corrected chi connectivity index (χ1v) is 5.72. The highest BCUT2D eigenvalue weighted by Gasteiger charge is 2.20. The van der Waals surface area contributed by atoms with Gasteiger partial charge in [-0.2, -0.15) is 0 Å². The van der Waals surface area contributed by atoms with Gasteiger partial charge in [0.05, 0.1) is 12.0 Å². The van der Waals surface area contributed by atoms with E-state index in [0.29, 0.717) is 16.1 Å². The van der Waals surface area contributed by atoms with E-state index >= 15 is 0 Å². The van der Waals surface area contributed by atoms with Crippen molar-refractivity contribution in [1.29, 1.82) is 0 Å². The summed E-state index contributed by atoms with van der Waals surface area (Å²) in [6.07, 6.45) is -0.303. The number of aliphatic hydroxyl groups is 1. The summed E-state index contributed by atoms with van der Waals surface area (Å²) in [7, 11) is 0. The van der Waals surface area contributed by atoms with Crippen LogP contribution in [-0.4, -0.2) is 11.1 Å². The molecule has 0 saturated heterocycles. The maximum atomic E-state index is 11.6. The molecule has 0 saturated carbocycles. The molecule has 0 fully saturated rings. The van der Waals surface area contributed by atoms with Gasteiger partial charge in [0, 0.05) is 15.6 Å². The Bertz CT molecular complexity index is 445. The van der Waals surface area contributed by atoms with Crippen molar-refractivity contribution in [3.05, 3.63) is 34.3 Å². The van der Waals surface area contributed by atoms with Crippen molar-refractivity contribution >= 4 is 17.6 Å². The van der Waals surface area contributed by atoms with E-state index in [0.717, 1.165) is 0 Å². The molecule has 100 valence electrons. The van der Waals surface area contributed by atoms with E-state index in [1.54, 1.807) is 32.0 Å². The highest BCUT2D eigenvalue weighted by Crippen LogP contribution is 2.27. The first-order chi connectivity index (χ1) is 8.24. The number of hydrogen-bond donors (Lipinski definition) is 2. The molecule has 0 aliphatic heterocycles. The minimum absolute atomic E-state index is 0.303. The Morgan fingerprint density at radius 3 is 2.67 bits per heavy atom. The molecule has 0 heterocycles. The van der Waals surface area contributed by atoms with E-state index in [1.807, 2.05) is 0 Å². The molecule has 4 nitrogen and oxygen atoms in total. The molecule has 3 N–H and O–H groups in total. The SMILES string of the molecule is CC(C)(O)c1cc(Cl)cc(C(N)CC(=O)OF)c1. The van der Waals surface area contributed by atoms with Crippen LogP contribution in [-0.2, 0) is 15.3 Å². The van der Waals surface area contributed by atoms with Gasteiger partial charge >= 0.3 is 5.97 Å². The van der Waals surface area contributed by atoms with Gasteiger partial charge in [-0.25, -0.2) is 4.79 Å². The molecule has 6 heteroatoms. The summed E-state index contributed by atoms with van der Waals surface area (Å²) >= 11 is 5.91. The van der Waals surface area contributed by atoms with E-state index in [-0.39, 0.29) is 6.42 Å². The van der Waals surface area contributed by atoms with Crippen molar-refractivity contribution in [1.82, 2.24) is 0 Å². The summed E-state index contributed by atoms with van der Waals surface area (Å²) in [6, 6.07) is 4.05. The van der Waals surface area contributed by atoms with Crippen LogP contribution in [0.4, 0.5) is 4.53 Å². The Morgan fingerprint density at radius 2 is 2.17 bits per heavy atom. The second-order valence-corrected chi connectivity index (χ2v) is 5.03. The summed E-state index contributed by atoms with van der Waals surface area (Å²) < 4.78 is 11.6. The average molecular weight is 276 g/mol. The van der Waals surface area contributed by atoms with Gasteiger partial charge in [-0.1, -0.05) is 17.7 Å². The Balaban J connectivity index is 3.03. The molecule has 1 rings (SSSR count). The Labute approximate surface area is 109 Å². The third kappa shape index (κ3) is 3.94. The lowest BCUT2D eigenvalue weighted by Gasteiger charge is -2.20. The van der Waals surface area contributed by atoms with Crippen molar-refractivity contribution < 1.29 is 19.4 Å². The highest BCUT2D eigenvalue weighted by atomic mass is 35.5. The van der Waals surface area contributed by atoms with Gasteiger partial charge in [0.25, 0.3) is 0 Å². The molecule has 0 aromatic heterocycles. The van der Waals surface area contributed by atoms with Crippen molar-refractivity contribution in [3.8, 4) is 0 Å². The van der Waals surface area contributed by atoms with Crippen LogP contribution < -0.4 is 5.73 Å². The van der Waals surface area contributed by atoms with Gasteiger partial charge in [0.15, 0.2) is 0 Å². The number of rotatable bonds is 4. The molecule has 1 aromatic carbocycles. The molecule has 1 atom stereocenters. The first-order valence-electron chi connectivity index (χ1n) is 5.34. The quantitative estimate of drug-likeness (QED) is 0.885. The van der Waals surface area contributed by atoms with Gasteiger partial charge in [-0.15, -0.1) is 0 Å². The second kappa shape index (κ2) is 5.65. The largest absolute Gasteiger partial charge is 0.386 e. The second-order valence-electron chi connectivity index (χ2n) is 4.59. The molecule has 0 radical (unpaired) electrons. The third-order valence-electron chi connectivity index (χ3n) is 2.53. The molecule has 0 aliphatic rings. The minimum Gasteiger partial charge on any atom is -0.386 e. The number of halogens is 2. The molecular weight excluding hydrogens is 261 g/mol. The van der Waals surface area contributed by atoms with Gasteiger partial charge in [-0.3, -0.25) is 4.94 Å². The zero-order chi connectivity index (χ0) is 13.9. The summed E-state index contributed by atoms with van der Waals surface area (Å²) in [5, 5.41) is 10.3. The van der Waals surface area contributed by atoms with Crippen molar-refractivity contribution in [3.63, 3.8) is 0 Å². The molecular formula is C12H15ClFNO3. The lowest BCUT2D eigenvalue weighted by molar-refractivity contribution is -0.184. The number of hydrogen-bond acceptors (Lipinski definition) is 4. The molecule has 1 aromatic rings.